The summed E-state index contributed by atoms with van der Waals surface area (Å²) in [5.74, 6) is 0.498. The summed E-state index contributed by atoms with van der Waals surface area (Å²) in [4.78, 5) is 12.9. The van der Waals surface area contributed by atoms with Gasteiger partial charge in [0.2, 0.25) is 0 Å². The van der Waals surface area contributed by atoms with E-state index in [4.69, 9.17) is 0 Å². The maximum atomic E-state index is 11.2. The van der Waals surface area contributed by atoms with Crippen LogP contribution in [-0.2, 0) is 0 Å². The predicted molar refractivity (Wildman–Crippen MR) is 62.5 cm³/mol. The van der Waals surface area contributed by atoms with Crippen LogP contribution in [0.2, 0.25) is 0 Å². The molecule has 4 nitrogen and oxygen atoms in total. The summed E-state index contributed by atoms with van der Waals surface area (Å²) in [5, 5.41) is 12.6. The lowest BCUT2D eigenvalue weighted by Gasteiger charge is -2.63. The number of likely N-dealkylation sites (tertiary alicyclic amines) is 1. The first-order chi connectivity index (χ1) is 7.38. The second-order valence-electron chi connectivity index (χ2n) is 6.17. The van der Waals surface area contributed by atoms with Crippen LogP contribution in [0, 0.1) is 11.3 Å². The lowest BCUT2D eigenvalue weighted by molar-refractivity contribution is -0.122. The van der Waals surface area contributed by atoms with E-state index >= 15 is 0 Å². The Bertz CT molecular complexity index is 290. The summed E-state index contributed by atoms with van der Waals surface area (Å²) >= 11 is 0. The molecule has 4 heteroatoms. The van der Waals surface area contributed by atoms with Crippen molar-refractivity contribution >= 4 is 6.09 Å². The Morgan fingerprint density at radius 1 is 1.38 bits per heavy atom. The van der Waals surface area contributed by atoms with Crippen molar-refractivity contribution < 1.29 is 9.90 Å². The fraction of sp³-hybridized carbons (Fsp3) is 0.917. The van der Waals surface area contributed by atoms with E-state index in [9.17, 15) is 9.90 Å². The van der Waals surface area contributed by atoms with Crippen LogP contribution in [0.3, 0.4) is 0 Å². The van der Waals surface area contributed by atoms with E-state index < -0.39 is 6.09 Å². The molecule has 1 amide bonds. The van der Waals surface area contributed by atoms with Crippen LogP contribution in [0.4, 0.5) is 4.79 Å². The molecule has 2 N–H and O–H groups in total. The first kappa shape index (κ1) is 11.7. The highest BCUT2D eigenvalue weighted by atomic mass is 16.4. The average Bonchev–Trinajstić information content (AvgIpc) is 2.14. The van der Waals surface area contributed by atoms with Crippen LogP contribution in [-0.4, -0.2) is 41.3 Å². The Balaban J connectivity index is 2.22. The van der Waals surface area contributed by atoms with Gasteiger partial charge in [-0.25, -0.2) is 4.79 Å². The van der Waals surface area contributed by atoms with Crippen molar-refractivity contribution in [2.45, 2.75) is 39.2 Å². The van der Waals surface area contributed by atoms with Crippen molar-refractivity contribution in [2.24, 2.45) is 11.3 Å². The van der Waals surface area contributed by atoms with Gasteiger partial charge in [0.05, 0.1) is 5.54 Å². The molecule has 1 spiro atoms. The van der Waals surface area contributed by atoms with E-state index in [2.05, 4.69) is 26.1 Å². The number of carboxylic acid groups (broad SMARTS) is 1. The summed E-state index contributed by atoms with van der Waals surface area (Å²) in [6, 6.07) is 0. The standard InChI is InChI=1S/C12H22N2O2/c1-11(2,3)9-8-14(10(15)16)12(9)4-6-13-7-5-12/h9,13H,4-8H2,1-3H3,(H,15,16). The van der Waals surface area contributed by atoms with Gasteiger partial charge < -0.3 is 15.3 Å². The third-order valence-corrected chi connectivity index (χ3v) is 4.30. The summed E-state index contributed by atoms with van der Waals surface area (Å²) in [6.45, 7) is 9.26. The molecule has 0 saturated carbocycles. The minimum absolute atomic E-state index is 0.0880. The molecular weight excluding hydrogens is 204 g/mol. The highest BCUT2D eigenvalue weighted by Gasteiger charge is 2.59. The molecular formula is C12H22N2O2. The highest BCUT2D eigenvalue weighted by molar-refractivity contribution is 5.68. The molecule has 16 heavy (non-hydrogen) atoms. The molecule has 1 atom stereocenters. The van der Waals surface area contributed by atoms with Crippen molar-refractivity contribution in [1.29, 1.82) is 0 Å². The van der Waals surface area contributed by atoms with E-state index in [1.165, 1.54) is 0 Å². The second kappa shape index (κ2) is 3.62. The molecule has 2 saturated heterocycles. The lowest BCUT2D eigenvalue weighted by Crippen LogP contribution is -2.74. The van der Waals surface area contributed by atoms with Crippen LogP contribution in [0.25, 0.3) is 0 Å². The third kappa shape index (κ3) is 1.59. The Labute approximate surface area is 97.0 Å². The number of amides is 1. The number of hydrogen-bond donors (Lipinski definition) is 2. The van der Waals surface area contributed by atoms with Crippen molar-refractivity contribution in [3.63, 3.8) is 0 Å². The molecule has 0 aromatic carbocycles. The molecule has 0 bridgehead atoms. The second-order valence-corrected chi connectivity index (χ2v) is 6.17. The lowest BCUT2D eigenvalue weighted by atomic mass is 9.59. The summed E-state index contributed by atoms with van der Waals surface area (Å²) in [6.07, 6.45) is 1.17. The zero-order chi connectivity index (χ0) is 12.0. The molecule has 2 rings (SSSR count). The summed E-state index contributed by atoms with van der Waals surface area (Å²) in [7, 11) is 0. The molecule has 92 valence electrons. The molecule has 2 aliphatic heterocycles. The van der Waals surface area contributed by atoms with Gasteiger partial charge in [0.25, 0.3) is 0 Å². The summed E-state index contributed by atoms with van der Waals surface area (Å²) in [5.41, 5.74) is 0.110. The maximum absolute atomic E-state index is 11.2. The quantitative estimate of drug-likeness (QED) is 0.662. The minimum atomic E-state index is -0.748. The smallest absolute Gasteiger partial charge is 0.407 e. The first-order valence-corrected chi connectivity index (χ1v) is 6.09. The van der Waals surface area contributed by atoms with Gasteiger partial charge in [0.1, 0.15) is 0 Å². The van der Waals surface area contributed by atoms with E-state index in [1.54, 1.807) is 4.90 Å². The molecule has 0 aliphatic carbocycles. The minimum Gasteiger partial charge on any atom is -0.465 e. The van der Waals surface area contributed by atoms with Gasteiger partial charge in [-0.2, -0.15) is 0 Å². The molecule has 0 aromatic heterocycles. The highest BCUT2D eigenvalue weighted by Crippen LogP contribution is 2.51. The van der Waals surface area contributed by atoms with E-state index in [-0.39, 0.29) is 11.0 Å². The average molecular weight is 226 g/mol. The molecule has 2 fully saturated rings. The topological polar surface area (TPSA) is 52.6 Å². The normalized spacial score (nSPS) is 28.9. The number of nitrogens with zero attached hydrogens (tertiary/aromatic N) is 1. The molecule has 2 aliphatic rings. The Morgan fingerprint density at radius 2 is 1.94 bits per heavy atom. The summed E-state index contributed by atoms with van der Waals surface area (Å²) < 4.78 is 0. The largest absolute Gasteiger partial charge is 0.465 e. The molecule has 1 unspecified atom stereocenters. The van der Waals surface area contributed by atoms with Crippen LogP contribution in [0.1, 0.15) is 33.6 Å². The van der Waals surface area contributed by atoms with Crippen LogP contribution in [0.5, 0.6) is 0 Å². The van der Waals surface area contributed by atoms with Gasteiger partial charge >= 0.3 is 6.09 Å². The van der Waals surface area contributed by atoms with Gasteiger partial charge in [-0.05, 0) is 31.3 Å². The van der Waals surface area contributed by atoms with Crippen molar-refractivity contribution in [3.8, 4) is 0 Å². The predicted octanol–water partition coefficient (Wildman–Crippen LogP) is 1.76. The van der Waals surface area contributed by atoms with Crippen molar-refractivity contribution in [3.05, 3.63) is 0 Å². The molecule has 0 radical (unpaired) electrons. The molecule has 0 aromatic rings. The number of piperidine rings is 1. The zero-order valence-electron chi connectivity index (χ0n) is 10.4. The number of carbonyl (C=O) groups is 1. The van der Waals surface area contributed by atoms with Crippen LogP contribution >= 0.6 is 0 Å². The fourth-order valence-corrected chi connectivity index (χ4v) is 3.44. The van der Waals surface area contributed by atoms with E-state index in [1.807, 2.05) is 0 Å². The Kier molecular flexibility index (Phi) is 2.65. The zero-order valence-corrected chi connectivity index (χ0v) is 10.4. The van der Waals surface area contributed by atoms with Crippen molar-refractivity contribution in [1.82, 2.24) is 10.2 Å². The van der Waals surface area contributed by atoms with E-state index in [0.29, 0.717) is 12.5 Å². The van der Waals surface area contributed by atoms with Gasteiger partial charge in [-0.15, -0.1) is 0 Å². The fourth-order valence-electron chi connectivity index (χ4n) is 3.44. The van der Waals surface area contributed by atoms with Gasteiger partial charge in [0, 0.05) is 12.5 Å². The van der Waals surface area contributed by atoms with E-state index in [0.717, 1.165) is 25.9 Å². The number of hydrogen-bond acceptors (Lipinski definition) is 2. The first-order valence-electron chi connectivity index (χ1n) is 6.09. The Hall–Kier alpha value is -0.770. The van der Waals surface area contributed by atoms with Gasteiger partial charge in [-0.3, -0.25) is 0 Å². The van der Waals surface area contributed by atoms with Crippen molar-refractivity contribution in [2.75, 3.05) is 19.6 Å². The van der Waals surface area contributed by atoms with Gasteiger partial charge in [0.15, 0.2) is 0 Å². The monoisotopic (exact) mass is 226 g/mol. The van der Waals surface area contributed by atoms with Crippen LogP contribution in [0.15, 0.2) is 0 Å². The van der Waals surface area contributed by atoms with Gasteiger partial charge in [-0.1, -0.05) is 20.8 Å². The third-order valence-electron chi connectivity index (χ3n) is 4.30. The number of nitrogens with one attached hydrogen (secondary N) is 1. The SMILES string of the molecule is CC(C)(C)C1CN(C(=O)O)C12CCNCC2. The maximum Gasteiger partial charge on any atom is 0.407 e. The Morgan fingerprint density at radius 3 is 2.38 bits per heavy atom. The number of rotatable bonds is 0. The van der Waals surface area contributed by atoms with Crippen LogP contribution < -0.4 is 5.32 Å². The molecule has 2 heterocycles.